The van der Waals surface area contributed by atoms with Crippen molar-refractivity contribution in [1.82, 2.24) is 9.80 Å². The van der Waals surface area contributed by atoms with Gasteiger partial charge in [0.1, 0.15) is 6.54 Å². The van der Waals surface area contributed by atoms with Crippen LogP contribution in [0.4, 0.5) is 0 Å². The second-order valence-corrected chi connectivity index (χ2v) is 5.55. The van der Waals surface area contributed by atoms with E-state index in [9.17, 15) is 14.4 Å². The van der Waals surface area contributed by atoms with E-state index in [1.165, 1.54) is 12.0 Å². The van der Waals surface area contributed by atoms with Crippen molar-refractivity contribution in [3.05, 3.63) is 0 Å². The first-order valence-electron chi connectivity index (χ1n) is 6.97. The third-order valence-corrected chi connectivity index (χ3v) is 3.55. The minimum Gasteiger partial charge on any atom is -0.468 e. The summed E-state index contributed by atoms with van der Waals surface area (Å²) in [5.74, 6) is -0.737. The van der Waals surface area contributed by atoms with Gasteiger partial charge < -0.3 is 14.5 Å². The fourth-order valence-electron chi connectivity index (χ4n) is 2.39. The fourth-order valence-corrected chi connectivity index (χ4v) is 2.39. The van der Waals surface area contributed by atoms with E-state index >= 15 is 0 Å². The number of hydrogen-bond acceptors (Lipinski definition) is 4. The highest BCUT2D eigenvalue weighted by Crippen LogP contribution is 2.20. The standard InChI is InChI=1S/C14H24N2O4/c1-10(2)13(18)16-7-5-6-11(8-16)14(19)15(3)9-12(17)20-4/h10-11H,5-9H2,1-4H3. The van der Waals surface area contributed by atoms with Gasteiger partial charge in [-0.3, -0.25) is 14.4 Å². The van der Waals surface area contributed by atoms with Gasteiger partial charge in [0, 0.05) is 26.1 Å². The van der Waals surface area contributed by atoms with Crippen molar-refractivity contribution in [2.45, 2.75) is 26.7 Å². The first-order valence-corrected chi connectivity index (χ1v) is 6.97. The van der Waals surface area contributed by atoms with E-state index in [1.54, 1.807) is 11.9 Å². The van der Waals surface area contributed by atoms with Gasteiger partial charge in [-0.2, -0.15) is 0 Å². The van der Waals surface area contributed by atoms with Gasteiger partial charge in [0.2, 0.25) is 11.8 Å². The molecular formula is C14H24N2O4. The molecule has 2 amide bonds. The predicted octanol–water partition coefficient (Wildman–Crippen LogP) is 0.512. The molecule has 1 heterocycles. The number of rotatable bonds is 4. The maximum Gasteiger partial charge on any atom is 0.325 e. The number of amides is 2. The van der Waals surface area contributed by atoms with Crippen LogP contribution in [0.5, 0.6) is 0 Å². The van der Waals surface area contributed by atoms with E-state index in [0.717, 1.165) is 12.8 Å². The monoisotopic (exact) mass is 284 g/mol. The van der Waals surface area contributed by atoms with E-state index < -0.39 is 5.97 Å². The Morgan fingerprint density at radius 2 is 2.00 bits per heavy atom. The van der Waals surface area contributed by atoms with E-state index in [-0.39, 0.29) is 30.2 Å². The van der Waals surface area contributed by atoms with Crippen LogP contribution in [-0.2, 0) is 19.1 Å². The fraction of sp³-hybridized carbons (Fsp3) is 0.786. The first kappa shape index (κ1) is 16.5. The molecule has 0 saturated carbocycles. The Kier molecular flexibility index (Phi) is 5.98. The van der Waals surface area contributed by atoms with Crippen LogP contribution in [0.3, 0.4) is 0 Å². The number of likely N-dealkylation sites (N-methyl/N-ethyl adjacent to an activating group) is 1. The molecule has 114 valence electrons. The van der Waals surface area contributed by atoms with E-state index in [2.05, 4.69) is 4.74 Å². The summed E-state index contributed by atoms with van der Waals surface area (Å²) >= 11 is 0. The van der Waals surface area contributed by atoms with Crippen LogP contribution in [-0.4, -0.2) is 61.4 Å². The van der Waals surface area contributed by atoms with Gasteiger partial charge in [-0.05, 0) is 12.8 Å². The van der Waals surface area contributed by atoms with Gasteiger partial charge in [0.25, 0.3) is 0 Å². The molecule has 0 aromatic carbocycles. The summed E-state index contributed by atoms with van der Waals surface area (Å²) in [7, 11) is 2.88. The van der Waals surface area contributed by atoms with Crippen molar-refractivity contribution in [2.24, 2.45) is 11.8 Å². The van der Waals surface area contributed by atoms with Crippen molar-refractivity contribution in [2.75, 3.05) is 33.8 Å². The number of esters is 1. The zero-order valence-corrected chi connectivity index (χ0v) is 12.7. The molecule has 1 unspecified atom stereocenters. The van der Waals surface area contributed by atoms with Crippen molar-refractivity contribution >= 4 is 17.8 Å². The lowest BCUT2D eigenvalue weighted by atomic mass is 9.95. The predicted molar refractivity (Wildman–Crippen MR) is 73.8 cm³/mol. The molecule has 1 saturated heterocycles. The molecule has 0 radical (unpaired) electrons. The maximum atomic E-state index is 12.3. The Hall–Kier alpha value is -1.59. The molecule has 0 spiro atoms. The van der Waals surface area contributed by atoms with Crippen LogP contribution in [0.1, 0.15) is 26.7 Å². The Labute approximate surface area is 120 Å². The highest BCUT2D eigenvalue weighted by molar-refractivity contribution is 5.84. The number of hydrogen-bond donors (Lipinski definition) is 0. The molecule has 0 aromatic rings. The molecule has 0 N–H and O–H groups in total. The summed E-state index contributed by atoms with van der Waals surface area (Å²) in [6, 6.07) is 0. The number of carbonyl (C=O) groups excluding carboxylic acids is 3. The molecule has 6 nitrogen and oxygen atoms in total. The quantitative estimate of drug-likeness (QED) is 0.706. The topological polar surface area (TPSA) is 66.9 Å². The van der Waals surface area contributed by atoms with Gasteiger partial charge in [0.15, 0.2) is 0 Å². The Bertz CT molecular complexity index is 381. The molecule has 6 heteroatoms. The summed E-state index contributed by atoms with van der Waals surface area (Å²) in [5, 5.41) is 0. The Morgan fingerprint density at radius 3 is 2.55 bits per heavy atom. The lowest BCUT2D eigenvalue weighted by molar-refractivity contribution is -0.149. The number of carbonyl (C=O) groups is 3. The largest absolute Gasteiger partial charge is 0.468 e. The number of nitrogens with zero attached hydrogens (tertiary/aromatic N) is 2. The van der Waals surface area contributed by atoms with Crippen molar-refractivity contribution in [1.29, 1.82) is 0 Å². The highest BCUT2D eigenvalue weighted by atomic mass is 16.5. The number of methoxy groups -OCH3 is 1. The van der Waals surface area contributed by atoms with Gasteiger partial charge in [-0.1, -0.05) is 13.8 Å². The Morgan fingerprint density at radius 1 is 1.35 bits per heavy atom. The van der Waals surface area contributed by atoms with Crippen molar-refractivity contribution < 1.29 is 19.1 Å². The van der Waals surface area contributed by atoms with Crippen LogP contribution >= 0.6 is 0 Å². The zero-order chi connectivity index (χ0) is 15.3. The SMILES string of the molecule is COC(=O)CN(C)C(=O)C1CCCN(C(=O)C(C)C)C1. The highest BCUT2D eigenvalue weighted by Gasteiger charge is 2.31. The summed E-state index contributed by atoms with van der Waals surface area (Å²) in [4.78, 5) is 38.6. The second kappa shape index (κ2) is 7.26. The average Bonchev–Trinajstić information content (AvgIpc) is 2.45. The van der Waals surface area contributed by atoms with Gasteiger partial charge in [0.05, 0.1) is 13.0 Å². The van der Waals surface area contributed by atoms with Crippen molar-refractivity contribution in [3.8, 4) is 0 Å². The molecule has 0 bridgehead atoms. The average molecular weight is 284 g/mol. The van der Waals surface area contributed by atoms with Crippen LogP contribution in [0.25, 0.3) is 0 Å². The normalized spacial score (nSPS) is 18.9. The van der Waals surface area contributed by atoms with Gasteiger partial charge >= 0.3 is 5.97 Å². The van der Waals surface area contributed by atoms with Crippen LogP contribution in [0.15, 0.2) is 0 Å². The molecule has 1 aliphatic heterocycles. The molecule has 1 rings (SSSR count). The molecule has 20 heavy (non-hydrogen) atoms. The maximum absolute atomic E-state index is 12.3. The molecule has 1 aliphatic rings. The summed E-state index contributed by atoms with van der Waals surface area (Å²) < 4.78 is 4.55. The summed E-state index contributed by atoms with van der Waals surface area (Å²) in [5.41, 5.74) is 0. The minimum atomic E-state index is -0.438. The minimum absolute atomic E-state index is 0.0516. The van der Waals surface area contributed by atoms with Crippen LogP contribution < -0.4 is 0 Å². The van der Waals surface area contributed by atoms with Crippen molar-refractivity contribution in [3.63, 3.8) is 0 Å². The zero-order valence-electron chi connectivity index (χ0n) is 12.7. The van der Waals surface area contributed by atoms with E-state index in [1.807, 2.05) is 13.8 Å². The van der Waals surface area contributed by atoms with Gasteiger partial charge in [-0.15, -0.1) is 0 Å². The molecule has 0 aromatic heterocycles. The number of likely N-dealkylation sites (tertiary alicyclic amines) is 1. The van der Waals surface area contributed by atoms with Gasteiger partial charge in [-0.25, -0.2) is 0 Å². The van der Waals surface area contributed by atoms with E-state index in [0.29, 0.717) is 13.1 Å². The summed E-state index contributed by atoms with van der Waals surface area (Å²) in [6.45, 7) is 4.82. The smallest absolute Gasteiger partial charge is 0.325 e. The molecule has 0 aliphatic carbocycles. The molecular weight excluding hydrogens is 260 g/mol. The lowest BCUT2D eigenvalue weighted by Gasteiger charge is -2.34. The molecule has 1 fully saturated rings. The lowest BCUT2D eigenvalue weighted by Crippen LogP contribution is -2.47. The van der Waals surface area contributed by atoms with E-state index in [4.69, 9.17) is 0 Å². The third-order valence-electron chi connectivity index (χ3n) is 3.55. The second-order valence-electron chi connectivity index (χ2n) is 5.55. The van der Waals surface area contributed by atoms with Crippen LogP contribution in [0, 0.1) is 11.8 Å². The summed E-state index contributed by atoms with van der Waals surface area (Å²) in [6.07, 6.45) is 1.58. The van der Waals surface area contributed by atoms with Crippen LogP contribution in [0.2, 0.25) is 0 Å². The Balaban J connectivity index is 2.60. The molecule has 1 atom stereocenters. The number of piperidine rings is 1. The first-order chi connectivity index (χ1) is 9.36. The number of ether oxygens (including phenoxy) is 1. The third kappa shape index (κ3) is 4.21.